The minimum absolute atomic E-state index is 0.743. The van der Waals surface area contributed by atoms with Gasteiger partial charge >= 0.3 is 0 Å². The molecule has 0 fully saturated rings. The summed E-state index contributed by atoms with van der Waals surface area (Å²) < 4.78 is 5.28. The number of aromatic nitrogens is 1. The molecule has 0 amide bonds. The highest BCUT2D eigenvalue weighted by molar-refractivity contribution is 4.92. The lowest BCUT2D eigenvalue weighted by atomic mass is 10.2. The van der Waals surface area contributed by atoms with E-state index < -0.39 is 0 Å². The number of nitrogens with two attached hydrogens (primary N) is 1. The zero-order valence-corrected chi connectivity index (χ0v) is 6.84. The van der Waals surface area contributed by atoms with E-state index in [-0.39, 0.29) is 0 Å². The highest BCUT2D eigenvalue weighted by Gasteiger charge is 1.97. The van der Waals surface area contributed by atoms with Gasteiger partial charge in [-0.15, -0.1) is 0 Å². The molecule has 3 nitrogen and oxygen atoms in total. The number of oxazole rings is 1. The van der Waals surface area contributed by atoms with Crippen molar-refractivity contribution < 1.29 is 4.42 Å². The van der Waals surface area contributed by atoms with Crippen LogP contribution in [0.5, 0.6) is 0 Å². The molecule has 1 aromatic heterocycles. The summed E-state index contributed by atoms with van der Waals surface area (Å²) in [4.78, 5) is 4.00. The lowest BCUT2D eigenvalue weighted by Crippen LogP contribution is -1.98. The summed E-state index contributed by atoms with van der Waals surface area (Å²) in [5.41, 5.74) is 5.35. The molecule has 0 bridgehead atoms. The second kappa shape index (κ2) is 4.13. The standard InChI is InChI=1S/C8H14N2O/c1-7-10-6-8(11-7)4-2-3-5-9/h6H,2-5,9H2,1H3. The van der Waals surface area contributed by atoms with Gasteiger partial charge in [-0.3, -0.25) is 0 Å². The predicted octanol–water partition coefficient (Wildman–Crippen LogP) is 1.26. The second-order valence-corrected chi connectivity index (χ2v) is 2.59. The Morgan fingerprint density at radius 2 is 2.36 bits per heavy atom. The molecule has 62 valence electrons. The average molecular weight is 154 g/mol. The van der Waals surface area contributed by atoms with Gasteiger partial charge in [0.1, 0.15) is 5.76 Å². The molecule has 0 saturated heterocycles. The molecule has 3 heteroatoms. The minimum Gasteiger partial charge on any atom is -0.446 e. The third-order valence-electron chi connectivity index (χ3n) is 1.55. The van der Waals surface area contributed by atoms with Gasteiger partial charge in [-0.05, 0) is 19.4 Å². The molecular weight excluding hydrogens is 140 g/mol. The van der Waals surface area contributed by atoms with Crippen LogP contribution in [0, 0.1) is 6.92 Å². The maximum Gasteiger partial charge on any atom is 0.191 e. The van der Waals surface area contributed by atoms with Gasteiger partial charge in [0.05, 0.1) is 6.20 Å². The van der Waals surface area contributed by atoms with Crippen LogP contribution in [-0.2, 0) is 6.42 Å². The van der Waals surface area contributed by atoms with Crippen LogP contribution in [-0.4, -0.2) is 11.5 Å². The summed E-state index contributed by atoms with van der Waals surface area (Å²) in [7, 11) is 0. The van der Waals surface area contributed by atoms with E-state index in [1.165, 1.54) is 0 Å². The van der Waals surface area contributed by atoms with Crippen molar-refractivity contribution in [3.05, 3.63) is 17.8 Å². The molecule has 1 rings (SSSR count). The Hall–Kier alpha value is -0.830. The molecule has 0 aliphatic heterocycles. The van der Waals surface area contributed by atoms with Crippen molar-refractivity contribution in [2.45, 2.75) is 26.2 Å². The first-order valence-corrected chi connectivity index (χ1v) is 3.94. The molecule has 0 radical (unpaired) electrons. The molecule has 0 atom stereocenters. The van der Waals surface area contributed by atoms with Gasteiger partial charge in [-0.25, -0.2) is 4.98 Å². The molecule has 1 heterocycles. The normalized spacial score (nSPS) is 10.4. The molecule has 0 aliphatic carbocycles. The molecule has 11 heavy (non-hydrogen) atoms. The van der Waals surface area contributed by atoms with Crippen molar-refractivity contribution in [3.8, 4) is 0 Å². The lowest BCUT2D eigenvalue weighted by molar-refractivity contribution is 0.467. The largest absolute Gasteiger partial charge is 0.446 e. The van der Waals surface area contributed by atoms with Crippen molar-refractivity contribution in [1.82, 2.24) is 4.98 Å². The molecule has 0 aliphatic rings. The van der Waals surface area contributed by atoms with Crippen LogP contribution < -0.4 is 5.73 Å². The minimum atomic E-state index is 0.743. The highest BCUT2D eigenvalue weighted by Crippen LogP contribution is 2.05. The van der Waals surface area contributed by atoms with Crippen LogP contribution in [0.3, 0.4) is 0 Å². The Balaban J connectivity index is 2.27. The number of hydrogen-bond donors (Lipinski definition) is 1. The van der Waals surface area contributed by atoms with Crippen molar-refractivity contribution >= 4 is 0 Å². The third-order valence-corrected chi connectivity index (χ3v) is 1.55. The lowest BCUT2D eigenvalue weighted by Gasteiger charge is -1.93. The number of rotatable bonds is 4. The summed E-state index contributed by atoms with van der Waals surface area (Å²) in [6, 6.07) is 0. The summed E-state index contributed by atoms with van der Waals surface area (Å²) in [5.74, 6) is 1.71. The number of nitrogens with zero attached hydrogens (tertiary/aromatic N) is 1. The Labute approximate surface area is 66.6 Å². The van der Waals surface area contributed by atoms with Crippen molar-refractivity contribution in [2.75, 3.05) is 6.54 Å². The maximum absolute atomic E-state index is 5.35. The van der Waals surface area contributed by atoms with Crippen LogP contribution in [0.25, 0.3) is 0 Å². The van der Waals surface area contributed by atoms with Gasteiger partial charge in [0.2, 0.25) is 0 Å². The first-order valence-electron chi connectivity index (χ1n) is 3.94. The monoisotopic (exact) mass is 154 g/mol. The van der Waals surface area contributed by atoms with Gasteiger partial charge in [0, 0.05) is 13.3 Å². The van der Waals surface area contributed by atoms with Crippen LogP contribution >= 0.6 is 0 Å². The summed E-state index contributed by atoms with van der Waals surface area (Å²) in [6.45, 7) is 2.61. The van der Waals surface area contributed by atoms with Crippen LogP contribution in [0.4, 0.5) is 0 Å². The molecular formula is C8H14N2O. The predicted molar refractivity (Wildman–Crippen MR) is 43.2 cm³/mol. The van der Waals surface area contributed by atoms with E-state index in [1.54, 1.807) is 6.20 Å². The summed E-state index contributed by atoms with van der Waals surface area (Å²) in [5, 5.41) is 0. The molecule has 0 aromatic carbocycles. The van der Waals surface area contributed by atoms with Gasteiger partial charge in [0.25, 0.3) is 0 Å². The quantitative estimate of drug-likeness (QED) is 0.664. The van der Waals surface area contributed by atoms with E-state index in [1.807, 2.05) is 6.92 Å². The number of unbranched alkanes of at least 4 members (excludes halogenated alkanes) is 1. The highest BCUT2D eigenvalue weighted by atomic mass is 16.3. The van der Waals surface area contributed by atoms with Crippen molar-refractivity contribution in [3.63, 3.8) is 0 Å². The Morgan fingerprint density at radius 3 is 2.91 bits per heavy atom. The SMILES string of the molecule is Cc1ncc(CCCCN)o1. The van der Waals surface area contributed by atoms with Crippen molar-refractivity contribution in [1.29, 1.82) is 0 Å². The van der Waals surface area contributed by atoms with Crippen LogP contribution in [0.15, 0.2) is 10.6 Å². The zero-order chi connectivity index (χ0) is 8.10. The van der Waals surface area contributed by atoms with Gasteiger partial charge in [-0.2, -0.15) is 0 Å². The summed E-state index contributed by atoms with van der Waals surface area (Å²) in [6.07, 6.45) is 4.88. The second-order valence-electron chi connectivity index (χ2n) is 2.59. The van der Waals surface area contributed by atoms with E-state index >= 15 is 0 Å². The van der Waals surface area contributed by atoms with Gasteiger partial charge in [0.15, 0.2) is 5.89 Å². The number of hydrogen-bond acceptors (Lipinski definition) is 3. The van der Waals surface area contributed by atoms with E-state index in [2.05, 4.69) is 4.98 Å². The fourth-order valence-corrected chi connectivity index (χ4v) is 0.964. The van der Waals surface area contributed by atoms with E-state index in [9.17, 15) is 0 Å². The van der Waals surface area contributed by atoms with Crippen LogP contribution in [0.2, 0.25) is 0 Å². The van der Waals surface area contributed by atoms with Crippen LogP contribution in [0.1, 0.15) is 24.5 Å². The van der Waals surface area contributed by atoms with E-state index in [0.29, 0.717) is 0 Å². The third kappa shape index (κ3) is 2.72. The Bertz CT molecular complexity index is 208. The molecule has 0 unspecified atom stereocenters. The first kappa shape index (κ1) is 8.27. The summed E-state index contributed by atoms with van der Waals surface area (Å²) >= 11 is 0. The Morgan fingerprint density at radius 1 is 1.55 bits per heavy atom. The van der Waals surface area contributed by atoms with Crippen molar-refractivity contribution in [2.24, 2.45) is 5.73 Å². The van der Waals surface area contributed by atoms with Gasteiger partial charge < -0.3 is 10.2 Å². The van der Waals surface area contributed by atoms with E-state index in [0.717, 1.165) is 37.5 Å². The first-order chi connectivity index (χ1) is 5.33. The fourth-order valence-electron chi connectivity index (χ4n) is 0.964. The molecule has 2 N–H and O–H groups in total. The average Bonchev–Trinajstić information content (AvgIpc) is 2.37. The van der Waals surface area contributed by atoms with Gasteiger partial charge in [-0.1, -0.05) is 0 Å². The number of aryl methyl sites for hydroxylation is 2. The molecule has 1 aromatic rings. The Kier molecular flexibility index (Phi) is 3.11. The smallest absolute Gasteiger partial charge is 0.191 e. The maximum atomic E-state index is 5.35. The fraction of sp³-hybridized carbons (Fsp3) is 0.625. The molecule has 0 spiro atoms. The van der Waals surface area contributed by atoms with E-state index in [4.69, 9.17) is 10.2 Å². The molecule has 0 saturated carbocycles. The topological polar surface area (TPSA) is 52.0 Å². The zero-order valence-electron chi connectivity index (χ0n) is 6.84.